The lowest BCUT2D eigenvalue weighted by Gasteiger charge is -2.11. The van der Waals surface area contributed by atoms with Crippen LogP contribution in [0.15, 0.2) is 146 Å². The summed E-state index contributed by atoms with van der Waals surface area (Å²) in [6.07, 6.45) is 4.25. The van der Waals surface area contributed by atoms with E-state index in [0.717, 1.165) is 22.2 Å². The fourth-order valence-electron chi connectivity index (χ4n) is 6.56. The van der Waals surface area contributed by atoms with Gasteiger partial charge in [-0.25, -0.2) is 4.98 Å². The Bertz CT molecular complexity index is 2560. The normalized spacial score (nSPS) is 11.9. The Labute approximate surface area is 276 Å². The van der Waals surface area contributed by atoms with Gasteiger partial charge in [0.1, 0.15) is 0 Å². The molecule has 0 amide bonds. The monoisotopic (exact) mass is 620 g/mol. The largest absolute Gasteiger partial charge is 0.276 e. The molecule has 0 N–H and O–H groups in total. The molecule has 0 saturated carbocycles. The highest BCUT2D eigenvalue weighted by atomic mass is 32.1. The second kappa shape index (κ2) is 11.2. The van der Waals surface area contributed by atoms with Crippen LogP contribution in [0.5, 0.6) is 0 Å². The molecule has 0 bridgehead atoms. The molecular formula is C42H28N4S. The SMILES string of the molecule is CC=Cc1ccc2sc3c(ccc4c5cc(-c6ccccc6)ccc5n(-c5nc(-c6ccccc6)nc(-c6ccccc6)n5)c43)c2c1. The lowest BCUT2D eigenvalue weighted by molar-refractivity contribution is 0.955. The second-order valence-electron chi connectivity index (χ2n) is 11.6. The second-order valence-corrected chi connectivity index (χ2v) is 12.7. The lowest BCUT2D eigenvalue weighted by Crippen LogP contribution is -2.06. The molecule has 0 aliphatic rings. The topological polar surface area (TPSA) is 43.6 Å². The summed E-state index contributed by atoms with van der Waals surface area (Å²) < 4.78 is 4.73. The molecule has 0 saturated heterocycles. The van der Waals surface area contributed by atoms with E-state index < -0.39 is 0 Å². The van der Waals surface area contributed by atoms with Crippen molar-refractivity contribution >= 4 is 59.4 Å². The van der Waals surface area contributed by atoms with Crippen molar-refractivity contribution in [1.82, 2.24) is 19.5 Å². The smallest absolute Gasteiger partial charge is 0.238 e. The van der Waals surface area contributed by atoms with Gasteiger partial charge in [0.15, 0.2) is 11.6 Å². The maximum Gasteiger partial charge on any atom is 0.238 e. The van der Waals surface area contributed by atoms with Crippen LogP contribution >= 0.6 is 11.3 Å². The molecule has 0 fully saturated rings. The molecular weight excluding hydrogens is 593 g/mol. The molecule has 3 aromatic heterocycles. The van der Waals surface area contributed by atoms with Crippen molar-refractivity contribution < 1.29 is 0 Å². The summed E-state index contributed by atoms with van der Waals surface area (Å²) in [5, 5.41) is 4.83. The van der Waals surface area contributed by atoms with Crippen LogP contribution in [0, 0.1) is 0 Å². The molecule has 222 valence electrons. The molecule has 9 aromatic rings. The van der Waals surface area contributed by atoms with Gasteiger partial charge < -0.3 is 0 Å². The van der Waals surface area contributed by atoms with Gasteiger partial charge in [-0.05, 0) is 47.9 Å². The van der Waals surface area contributed by atoms with Crippen LogP contribution in [0.4, 0.5) is 0 Å². The highest BCUT2D eigenvalue weighted by Crippen LogP contribution is 2.44. The average molecular weight is 621 g/mol. The number of allylic oxidation sites excluding steroid dienone is 1. The van der Waals surface area contributed by atoms with E-state index in [4.69, 9.17) is 15.0 Å². The van der Waals surface area contributed by atoms with E-state index in [1.54, 1.807) is 0 Å². The predicted molar refractivity (Wildman–Crippen MR) is 198 cm³/mol. The first kappa shape index (κ1) is 27.4. The van der Waals surface area contributed by atoms with Gasteiger partial charge in [0.25, 0.3) is 0 Å². The van der Waals surface area contributed by atoms with E-state index in [2.05, 4.69) is 127 Å². The Kier molecular flexibility index (Phi) is 6.51. The minimum Gasteiger partial charge on any atom is -0.276 e. The van der Waals surface area contributed by atoms with E-state index in [-0.39, 0.29) is 0 Å². The molecule has 0 aliphatic heterocycles. The third kappa shape index (κ3) is 4.63. The molecule has 9 rings (SSSR count). The highest BCUT2D eigenvalue weighted by molar-refractivity contribution is 7.26. The quantitative estimate of drug-likeness (QED) is 0.192. The van der Waals surface area contributed by atoms with Gasteiger partial charge in [0.2, 0.25) is 5.95 Å². The number of fused-ring (bicyclic) bond motifs is 7. The third-order valence-corrected chi connectivity index (χ3v) is 9.94. The Hall–Kier alpha value is -5.91. The summed E-state index contributed by atoms with van der Waals surface area (Å²) in [6, 6.07) is 48.9. The van der Waals surface area contributed by atoms with E-state index in [1.165, 1.54) is 47.6 Å². The van der Waals surface area contributed by atoms with E-state index in [0.29, 0.717) is 17.6 Å². The van der Waals surface area contributed by atoms with Crippen molar-refractivity contribution in [2.24, 2.45) is 0 Å². The maximum absolute atomic E-state index is 5.19. The summed E-state index contributed by atoms with van der Waals surface area (Å²) in [5.41, 5.74) is 7.63. The fourth-order valence-corrected chi connectivity index (χ4v) is 7.78. The number of nitrogens with zero attached hydrogens (tertiary/aromatic N) is 4. The van der Waals surface area contributed by atoms with Gasteiger partial charge in [-0.2, -0.15) is 9.97 Å². The van der Waals surface area contributed by atoms with Crippen molar-refractivity contribution in [2.75, 3.05) is 0 Å². The Morgan fingerprint density at radius 1 is 0.532 bits per heavy atom. The van der Waals surface area contributed by atoms with Gasteiger partial charge in [-0.1, -0.05) is 127 Å². The van der Waals surface area contributed by atoms with E-state index in [1.807, 2.05) is 47.7 Å². The standard InChI is InChI=1S/C42H28N4S/c1-2-12-27-19-24-37-35(25-27)33-22-21-32-34-26-31(28-13-6-3-7-14-28)20-23-36(34)46(38(32)39(33)47-37)42-44-40(29-15-8-4-9-16-29)43-41(45-42)30-17-10-5-11-18-30/h2-26H,1H3. The predicted octanol–water partition coefficient (Wildman–Crippen LogP) is 11.4. The van der Waals surface area contributed by atoms with Crippen LogP contribution in [0.3, 0.4) is 0 Å². The number of hydrogen-bond acceptors (Lipinski definition) is 4. The van der Waals surface area contributed by atoms with Crippen LogP contribution < -0.4 is 0 Å². The summed E-state index contributed by atoms with van der Waals surface area (Å²) in [6.45, 7) is 2.06. The van der Waals surface area contributed by atoms with Crippen molar-refractivity contribution in [3.8, 4) is 39.9 Å². The molecule has 0 spiro atoms. The molecule has 47 heavy (non-hydrogen) atoms. The molecule has 6 aromatic carbocycles. The summed E-state index contributed by atoms with van der Waals surface area (Å²) in [4.78, 5) is 15.4. The Morgan fingerprint density at radius 2 is 1.17 bits per heavy atom. The summed E-state index contributed by atoms with van der Waals surface area (Å²) in [7, 11) is 0. The highest BCUT2D eigenvalue weighted by Gasteiger charge is 2.21. The first-order valence-electron chi connectivity index (χ1n) is 15.7. The minimum atomic E-state index is 0.602. The summed E-state index contributed by atoms with van der Waals surface area (Å²) >= 11 is 1.83. The van der Waals surface area contributed by atoms with Crippen LogP contribution in [-0.4, -0.2) is 19.5 Å². The van der Waals surface area contributed by atoms with Gasteiger partial charge in [-0.3, -0.25) is 4.57 Å². The van der Waals surface area contributed by atoms with Crippen molar-refractivity contribution in [3.05, 3.63) is 151 Å². The average Bonchev–Trinajstić information content (AvgIpc) is 3.68. The molecule has 4 nitrogen and oxygen atoms in total. The number of benzene rings is 6. The zero-order valence-corrected chi connectivity index (χ0v) is 26.4. The van der Waals surface area contributed by atoms with Crippen molar-refractivity contribution in [1.29, 1.82) is 0 Å². The van der Waals surface area contributed by atoms with Gasteiger partial charge in [0, 0.05) is 37.4 Å². The maximum atomic E-state index is 5.19. The number of aromatic nitrogens is 4. The number of rotatable bonds is 5. The lowest BCUT2D eigenvalue weighted by atomic mass is 10.0. The number of thiophene rings is 1. The zero-order chi connectivity index (χ0) is 31.3. The molecule has 0 atom stereocenters. The summed E-state index contributed by atoms with van der Waals surface area (Å²) in [5.74, 6) is 1.89. The van der Waals surface area contributed by atoms with E-state index in [9.17, 15) is 0 Å². The van der Waals surface area contributed by atoms with Gasteiger partial charge in [-0.15, -0.1) is 11.3 Å². The van der Waals surface area contributed by atoms with Crippen LogP contribution in [0.25, 0.3) is 87.9 Å². The molecule has 0 radical (unpaired) electrons. The molecule has 3 heterocycles. The van der Waals surface area contributed by atoms with Gasteiger partial charge >= 0.3 is 0 Å². The van der Waals surface area contributed by atoms with Crippen molar-refractivity contribution in [3.63, 3.8) is 0 Å². The van der Waals surface area contributed by atoms with Crippen LogP contribution in [0.1, 0.15) is 12.5 Å². The zero-order valence-electron chi connectivity index (χ0n) is 25.6. The van der Waals surface area contributed by atoms with Gasteiger partial charge in [0.05, 0.1) is 15.7 Å². The Morgan fingerprint density at radius 3 is 1.83 bits per heavy atom. The molecule has 0 aliphatic carbocycles. The van der Waals surface area contributed by atoms with Crippen molar-refractivity contribution in [2.45, 2.75) is 6.92 Å². The molecule has 0 unspecified atom stereocenters. The van der Waals surface area contributed by atoms with E-state index >= 15 is 0 Å². The third-order valence-electron chi connectivity index (χ3n) is 8.74. The Balaban J connectivity index is 1.41. The first-order chi connectivity index (χ1) is 23.2. The number of hydrogen-bond donors (Lipinski definition) is 0. The molecule has 5 heteroatoms. The fraction of sp³-hybridized carbons (Fsp3) is 0.0238. The van der Waals surface area contributed by atoms with Crippen LogP contribution in [0.2, 0.25) is 0 Å². The van der Waals surface area contributed by atoms with Crippen LogP contribution in [-0.2, 0) is 0 Å². The first-order valence-corrected chi connectivity index (χ1v) is 16.6. The minimum absolute atomic E-state index is 0.602.